The second kappa shape index (κ2) is 7.90. The van der Waals surface area contributed by atoms with Crippen LogP contribution >= 0.6 is 11.8 Å². The summed E-state index contributed by atoms with van der Waals surface area (Å²) in [6.45, 7) is 4.12. The lowest BCUT2D eigenvalue weighted by Crippen LogP contribution is -2.28. The zero-order valence-corrected chi connectivity index (χ0v) is 13.7. The summed E-state index contributed by atoms with van der Waals surface area (Å²) in [4.78, 5) is 13.0. The first-order chi connectivity index (χ1) is 10.6. The highest BCUT2D eigenvalue weighted by Gasteiger charge is 2.10. The maximum atomic E-state index is 12.0. The van der Waals surface area contributed by atoms with Gasteiger partial charge in [-0.3, -0.25) is 4.79 Å². The fourth-order valence-corrected chi connectivity index (χ4v) is 2.81. The third-order valence-corrected chi connectivity index (χ3v) is 4.48. The second-order valence-corrected chi connectivity index (χ2v) is 6.22. The minimum absolute atomic E-state index is 0.00109. The zero-order valence-electron chi connectivity index (χ0n) is 12.9. The third-order valence-electron chi connectivity index (χ3n) is 3.47. The molecule has 2 N–H and O–H groups in total. The Morgan fingerprint density at radius 1 is 1.14 bits per heavy atom. The Bertz CT molecular complexity index is 608. The van der Waals surface area contributed by atoms with Crippen LogP contribution in [0.15, 0.2) is 53.4 Å². The number of rotatable bonds is 6. The van der Waals surface area contributed by atoms with Crippen molar-refractivity contribution in [3.63, 3.8) is 0 Å². The van der Waals surface area contributed by atoms with Crippen LogP contribution in [0.3, 0.4) is 0 Å². The van der Waals surface area contributed by atoms with Crippen LogP contribution in [-0.2, 0) is 11.2 Å². The summed E-state index contributed by atoms with van der Waals surface area (Å²) in [6.07, 6.45) is 1.02. The summed E-state index contributed by atoms with van der Waals surface area (Å²) in [7, 11) is 0. The molecule has 0 aliphatic carbocycles. The van der Waals surface area contributed by atoms with Crippen molar-refractivity contribution in [2.24, 2.45) is 0 Å². The van der Waals surface area contributed by atoms with Gasteiger partial charge >= 0.3 is 0 Å². The normalized spacial score (nSPS) is 11.9. The molecule has 116 valence electrons. The molecule has 0 saturated heterocycles. The Labute approximate surface area is 135 Å². The van der Waals surface area contributed by atoms with Gasteiger partial charge in [0.15, 0.2) is 0 Å². The first-order valence-electron chi connectivity index (χ1n) is 7.38. The van der Waals surface area contributed by atoms with Crippen molar-refractivity contribution in [3.8, 4) is 5.75 Å². The van der Waals surface area contributed by atoms with Crippen molar-refractivity contribution in [1.82, 2.24) is 5.32 Å². The van der Waals surface area contributed by atoms with E-state index in [0.717, 1.165) is 16.9 Å². The number of phenols is 1. The second-order valence-electron chi connectivity index (χ2n) is 5.17. The molecule has 1 unspecified atom stereocenters. The summed E-state index contributed by atoms with van der Waals surface area (Å²) in [5.74, 6) is 0.602. The van der Waals surface area contributed by atoms with Crippen molar-refractivity contribution in [3.05, 3.63) is 59.7 Å². The van der Waals surface area contributed by atoms with E-state index in [1.807, 2.05) is 6.92 Å². The van der Waals surface area contributed by atoms with E-state index in [9.17, 15) is 9.90 Å². The van der Waals surface area contributed by atoms with Crippen LogP contribution in [-0.4, -0.2) is 16.8 Å². The maximum Gasteiger partial charge on any atom is 0.230 e. The fraction of sp³-hybridized carbons (Fsp3) is 0.278. The lowest BCUT2D eigenvalue weighted by atomic mass is 10.1. The number of thioether (sulfide) groups is 1. The first kappa shape index (κ1) is 16.4. The number of hydrogen-bond acceptors (Lipinski definition) is 3. The lowest BCUT2D eigenvalue weighted by Gasteiger charge is -2.14. The molecule has 4 heteroatoms. The molecule has 0 bridgehead atoms. The van der Waals surface area contributed by atoms with E-state index in [1.165, 1.54) is 17.3 Å². The summed E-state index contributed by atoms with van der Waals surface area (Å²) >= 11 is 1.46. The Hall–Kier alpha value is -1.94. The molecule has 0 spiro atoms. The minimum Gasteiger partial charge on any atom is -0.508 e. The van der Waals surface area contributed by atoms with Crippen molar-refractivity contribution in [1.29, 1.82) is 0 Å². The Kier molecular flexibility index (Phi) is 5.90. The SMILES string of the molecule is CCc1ccc(C(C)NC(=O)CSc2ccc(O)cc2)cc1. The molecule has 2 aromatic carbocycles. The van der Waals surface area contributed by atoms with E-state index < -0.39 is 0 Å². The largest absolute Gasteiger partial charge is 0.508 e. The van der Waals surface area contributed by atoms with Gasteiger partial charge in [0.2, 0.25) is 5.91 Å². The van der Waals surface area contributed by atoms with E-state index in [2.05, 4.69) is 36.5 Å². The van der Waals surface area contributed by atoms with E-state index in [1.54, 1.807) is 24.3 Å². The molecule has 2 aromatic rings. The van der Waals surface area contributed by atoms with Gasteiger partial charge in [-0.15, -0.1) is 11.8 Å². The number of aromatic hydroxyl groups is 1. The summed E-state index contributed by atoms with van der Waals surface area (Å²) in [5.41, 5.74) is 2.41. The van der Waals surface area contributed by atoms with Gasteiger partial charge < -0.3 is 10.4 Å². The molecule has 0 aromatic heterocycles. The highest BCUT2D eigenvalue weighted by Crippen LogP contribution is 2.21. The van der Waals surface area contributed by atoms with Crippen molar-refractivity contribution < 1.29 is 9.90 Å². The third kappa shape index (κ3) is 4.81. The van der Waals surface area contributed by atoms with Crippen molar-refractivity contribution in [2.75, 3.05) is 5.75 Å². The predicted molar refractivity (Wildman–Crippen MR) is 91.2 cm³/mol. The van der Waals surface area contributed by atoms with Gasteiger partial charge in [0.05, 0.1) is 11.8 Å². The molecular weight excluding hydrogens is 294 g/mol. The first-order valence-corrected chi connectivity index (χ1v) is 8.37. The van der Waals surface area contributed by atoms with E-state index in [0.29, 0.717) is 5.75 Å². The Morgan fingerprint density at radius 3 is 2.36 bits per heavy atom. The quantitative estimate of drug-likeness (QED) is 0.794. The van der Waals surface area contributed by atoms with Crippen LogP contribution in [0.2, 0.25) is 0 Å². The fourth-order valence-electron chi connectivity index (χ4n) is 2.10. The van der Waals surface area contributed by atoms with E-state index >= 15 is 0 Å². The van der Waals surface area contributed by atoms with Crippen molar-refractivity contribution >= 4 is 17.7 Å². The van der Waals surface area contributed by atoms with Crippen LogP contribution in [0.4, 0.5) is 0 Å². The smallest absolute Gasteiger partial charge is 0.230 e. The number of hydrogen-bond donors (Lipinski definition) is 2. The Morgan fingerprint density at radius 2 is 1.77 bits per heavy atom. The van der Waals surface area contributed by atoms with Crippen LogP contribution in [0.25, 0.3) is 0 Å². The van der Waals surface area contributed by atoms with Gasteiger partial charge in [0.25, 0.3) is 0 Å². The number of amides is 1. The van der Waals surface area contributed by atoms with Crippen LogP contribution in [0.5, 0.6) is 5.75 Å². The van der Waals surface area contributed by atoms with E-state index in [4.69, 9.17) is 0 Å². The number of carbonyl (C=O) groups is 1. The summed E-state index contributed by atoms with van der Waals surface area (Å²) in [5, 5.41) is 12.2. The molecule has 0 heterocycles. The number of benzene rings is 2. The number of nitrogens with one attached hydrogen (secondary N) is 1. The molecule has 0 saturated carbocycles. The van der Waals surface area contributed by atoms with Crippen LogP contribution in [0, 0.1) is 0 Å². The van der Waals surface area contributed by atoms with Gasteiger partial charge in [-0.05, 0) is 48.7 Å². The molecule has 0 aliphatic rings. The number of phenolic OH excluding ortho intramolecular Hbond substituents is 1. The van der Waals surface area contributed by atoms with Gasteiger partial charge in [0.1, 0.15) is 5.75 Å². The number of carbonyl (C=O) groups excluding carboxylic acids is 1. The summed E-state index contributed by atoms with van der Waals surface area (Å²) < 4.78 is 0. The molecule has 2 rings (SSSR count). The molecule has 1 atom stereocenters. The zero-order chi connectivity index (χ0) is 15.9. The lowest BCUT2D eigenvalue weighted by molar-refractivity contribution is -0.119. The molecule has 0 radical (unpaired) electrons. The van der Waals surface area contributed by atoms with Gasteiger partial charge in [-0.2, -0.15) is 0 Å². The molecule has 0 fully saturated rings. The van der Waals surface area contributed by atoms with Gasteiger partial charge in [0, 0.05) is 4.90 Å². The molecule has 22 heavy (non-hydrogen) atoms. The highest BCUT2D eigenvalue weighted by atomic mass is 32.2. The van der Waals surface area contributed by atoms with E-state index in [-0.39, 0.29) is 17.7 Å². The topological polar surface area (TPSA) is 49.3 Å². The predicted octanol–water partition coefficient (Wildman–Crippen LogP) is 3.92. The standard InChI is InChI=1S/C18H21NO2S/c1-3-14-4-6-15(7-5-14)13(2)19-18(21)12-22-17-10-8-16(20)9-11-17/h4-11,13,20H,3,12H2,1-2H3,(H,19,21). The van der Waals surface area contributed by atoms with Crippen LogP contribution < -0.4 is 5.32 Å². The van der Waals surface area contributed by atoms with Gasteiger partial charge in [-0.1, -0.05) is 31.2 Å². The summed E-state index contributed by atoms with van der Waals surface area (Å²) in [6, 6.07) is 15.2. The number of aryl methyl sites for hydroxylation is 1. The average molecular weight is 315 g/mol. The highest BCUT2D eigenvalue weighted by molar-refractivity contribution is 8.00. The molecule has 3 nitrogen and oxygen atoms in total. The molecule has 0 aliphatic heterocycles. The van der Waals surface area contributed by atoms with Crippen molar-refractivity contribution in [2.45, 2.75) is 31.2 Å². The molecular formula is C18H21NO2S. The monoisotopic (exact) mass is 315 g/mol. The molecule has 1 amide bonds. The minimum atomic E-state index is -0.00109. The maximum absolute atomic E-state index is 12.0. The van der Waals surface area contributed by atoms with Gasteiger partial charge in [-0.25, -0.2) is 0 Å². The van der Waals surface area contributed by atoms with Crippen LogP contribution in [0.1, 0.15) is 31.0 Å². The average Bonchev–Trinajstić information content (AvgIpc) is 2.54. The Balaban J connectivity index is 1.83.